The zero-order chi connectivity index (χ0) is 14.1. The first-order valence-corrected chi connectivity index (χ1v) is 6.23. The zero-order valence-electron chi connectivity index (χ0n) is 10.3. The Morgan fingerprint density at radius 1 is 1.37 bits per heavy atom. The van der Waals surface area contributed by atoms with E-state index in [1.807, 2.05) is 0 Å². The number of nitrogens with one attached hydrogen (secondary N) is 3. The molecule has 5 nitrogen and oxygen atoms in total. The summed E-state index contributed by atoms with van der Waals surface area (Å²) in [4.78, 5) is 23.5. The van der Waals surface area contributed by atoms with Crippen LogP contribution in [0.3, 0.4) is 0 Å². The van der Waals surface area contributed by atoms with Crippen LogP contribution in [0.2, 0.25) is 0 Å². The molecule has 2 saturated heterocycles. The highest BCUT2D eigenvalue weighted by Crippen LogP contribution is 2.43. The highest BCUT2D eigenvalue weighted by Gasteiger charge is 2.61. The van der Waals surface area contributed by atoms with Gasteiger partial charge in [-0.1, -0.05) is 0 Å². The van der Waals surface area contributed by atoms with E-state index in [1.54, 1.807) is 0 Å². The van der Waals surface area contributed by atoms with Crippen molar-refractivity contribution in [1.82, 2.24) is 16.0 Å². The lowest BCUT2D eigenvalue weighted by Crippen LogP contribution is -2.58. The Morgan fingerprint density at radius 2 is 2.11 bits per heavy atom. The summed E-state index contributed by atoms with van der Waals surface area (Å²) >= 11 is 0. The molecule has 2 rings (SSSR count). The van der Waals surface area contributed by atoms with E-state index in [-0.39, 0.29) is 13.0 Å². The number of carbonyl (C=O) groups excluding carboxylic acids is 2. The Bertz CT molecular complexity index is 378. The molecule has 0 saturated carbocycles. The van der Waals surface area contributed by atoms with E-state index >= 15 is 0 Å². The number of amides is 2. The number of rotatable bonds is 2. The SMILES string of the molecule is O=C1NCCCC1NC(=O)C1(C(F)(F)F)CCNC1. The van der Waals surface area contributed by atoms with Crippen molar-refractivity contribution >= 4 is 11.8 Å². The van der Waals surface area contributed by atoms with Crippen molar-refractivity contribution in [2.24, 2.45) is 5.41 Å². The van der Waals surface area contributed by atoms with E-state index in [4.69, 9.17) is 0 Å². The van der Waals surface area contributed by atoms with Gasteiger partial charge in [0, 0.05) is 13.1 Å². The highest BCUT2D eigenvalue weighted by molar-refractivity contribution is 5.91. The second kappa shape index (κ2) is 4.99. The molecule has 19 heavy (non-hydrogen) atoms. The van der Waals surface area contributed by atoms with Gasteiger partial charge in [0.1, 0.15) is 6.04 Å². The van der Waals surface area contributed by atoms with E-state index in [9.17, 15) is 22.8 Å². The van der Waals surface area contributed by atoms with E-state index < -0.39 is 36.0 Å². The first-order chi connectivity index (χ1) is 8.87. The maximum atomic E-state index is 13.1. The van der Waals surface area contributed by atoms with E-state index in [0.29, 0.717) is 19.4 Å². The van der Waals surface area contributed by atoms with Crippen LogP contribution in [0.25, 0.3) is 0 Å². The third-order valence-corrected chi connectivity index (χ3v) is 3.72. The van der Waals surface area contributed by atoms with Gasteiger partial charge in [-0.3, -0.25) is 9.59 Å². The summed E-state index contributed by atoms with van der Waals surface area (Å²) in [7, 11) is 0. The number of carbonyl (C=O) groups is 2. The first-order valence-electron chi connectivity index (χ1n) is 6.23. The predicted octanol–water partition coefficient (Wildman–Crippen LogP) is -0.0768. The molecule has 2 heterocycles. The number of hydrogen-bond acceptors (Lipinski definition) is 3. The molecule has 0 aromatic heterocycles. The maximum absolute atomic E-state index is 13.1. The van der Waals surface area contributed by atoms with Gasteiger partial charge in [-0.15, -0.1) is 0 Å². The monoisotopic (exact) mass is 279 g/mol. The van der Waals surface area contributed by atoms with Crippen LogP contribution >= 0.6 is 0 Å². The minimum atomic E-state index is -4.62. The molecule has 2 fully saturated rings. The van der Waals surface area contributed by atoms with Gasteiger partial charge in [0.05, 0.1) is 0 Å². The quantitative estimate of drug-likeness (QED) is 0.662. The van der Waals surface area contributed by atoms with Crippen LogP contribution in [0.15, 0.2) is 0 Å². The van der Waals surface area contributed by atoms with Crippen LogP contribution in [-0.4, -0.2) is 43.7 Å². The lowest BCUT2D eigenvalue weighted by Gasteiger charge is -2.32. The van der Waals surface area contributed by atoms with Crippen molar-refractivity contribution in [2.75, 3.05) is 19.6 Å². The molecule has 2 aliphatic rings. The molecule has 0 aliphatic carbocycles. The second-order valence-electron chi connectivity index (χ2n) is 4.97. The fourth-order valence-electron chi connectivity index (χ4n) is 2.46. The van der Waals surface area contributed by atoms with Crippen molar-refractivity contribution in [3.63, 3.8) is 0 Å². The topological polar surface area (TPSA) is 70.2 Å². The normalized spacial score (nSPS) is 31.9. The fourth-order valence-corrected chi connectivity index (χ4v) is 2.46. The van der Waals surface area contributed by atoms with Crippen LogP contribution in [-0.2, 0) is 9.59 Å². The van der Waals surface area contributed by atoms with Crippen LogP contribution in [0.1, 0.15) is 19.3 Å². The lowest BCUT2D eigenvalue weighted by molar-refractivity contribution is -0.216. The largest absolute Gasteiger partial charge is 0.404 e. The molecule has 0 spiro atoms. The summed E-state index contributed by atoms with van der Waals surface area (Å²) < 4.78 is 39.3. The number of alkyl halides is 3. The van der Waals surface area contributed by atoms with Crippen LogP contribution in [0.4, 0.5) is 13.2 Å². The van der Waals surface area contributed by atoms with Crippen molar-refractivity contribution in [2.45, 2.75) is 31.5 Å². The molecule has 0 aromatic rings. The second-order valence-corrected chi connectivity index (χ2v) is 4.97. The third-order valence-electron chi connectivity index (χ3n) is 3.72. The van der Waals surface area contributed by atoms with Gasteiger partial charge in [-0.05, 0) is 25.8 Å². The van der Waals surface area contributed by atoms with Gasteiger partial charge in [0.15, 0.2) is 5.41 Å². The summed E-state index contributed by atoms with van der Waals surface area (Å²) in [6.07, 6.45) is -3.89. The summed E-state index contributed by atoms with van der Waals surface area (Å²) in [5.41, 5.74) is -2.41. The number of piperidine rings is 1. The molecule has 2 aliphatic heterocycles. The van der Waals surface area contributed by atoms with Gasteiger partial charge in [0.25, 0.3) is 0 Å². The van der Waals surface area contributed by atoms with Crippen LogP contribution in [0.5, 0.6) is 0 Å². The number of halogens is 3. The molecule has 0 bridgehead atoms. The zero-order valence-corrected chi connectivity index (χ0v) is 10.3. The van der Waals surface area contributed by atoms with Crippen molar-refractivity contribution < 1.29 is 22.8 Å². The minimum absolute atomic E-state index is 0.143. The molecule has 3 N–H and O–H groups in total. The fraction of sp³-hybridized carbons (Fsp3) is 0.818. The van der Waals surface area contributed by atoms with Crippen molar-refractivity contribution in [3.05, 3.63) is 0 Å². The molecule has 8 heteroatoms. The maximum Gasteiger partial charge on any atom is 0.404 e. The molecular weight excluding hydrogens is 263 g/mol. The van der Waals surface area contributed by atoms with E-state index in [2.05, 4.69) is 16.0 Å². The highest BCUT2D eigenvalue weighted by atomic mass is 19.4. The Kier molecular flexibility index (Phi) is 3.71. The van der Waals surface area contributed by atoms with Crippen LogP contribution in [0, 0.1) is 5.41 Å². The minimum Gasteiger partial charge on any atom is -0.354 e. The lowest BCUT2D eigenvalue weighted by atomic mass is 9.84. The van der Waals surface area contributed by atoms with Crippen LogP contribution < -0.4 is 16.0 Å². The molecule has 2 atom stereocenters. The molecule has 108 valence electrons. The van der Waals surface area contributed by atoms with Crippen molar-refractivity contribution in [3.8, 4) is 0 Å². The Balaban J connectivity index is 2.10. The van der Waals surface area contributed by atoms with Gasteiger partial charge in [-0.2, -0.15) is 13.2 Å². The molecule has 0 aromatic carbocycles. The first kappa shape index (κ1) is 14.1. The van der Waals surface area contributed by atoms with E-state index in [0.717, 1.165) is 0 Å². The Hall–Kier alpha value is -1.31. The summed E-state index contributed by atoms with van der Waals surface area (Å²) in [5.74, 6) is -1.52. The smallest absolute Gasteiger partial charge is 0.354 e. The molecule has 2 amide bonds. The number of hydrogen-bond donors (Lipinski definition) is 3. The van der Waals surface area contributed by atoms with Gasteiger partial charge >= 0.3 is 6.18 Å². The predicted molar refractivity (Wildman–Crippen MR) is 60.1 cm³/mol. The summed E-state index contributed by atoms with van der Waals surface area (Å²) in [6.45, 7) is 0.206. The average molecular weight is 279 g/mol. The molecular formula is C11H16F3N3O2. The summed E-state index contributed by atoms with van der Waals surface area (Å²) in [5, 5.41) is 7.34. The van der Waals surface area contributed by atoms with Gasteiger partial charge in [0.2, 0.25) is 11.8 Å². The average Bonchev–Trinajstić information content (AvgIpc) is 2.82. The van der Waals surface area contributed by atoms with Gasteiger partial charge in [-0.25, -0.2) is 0 Å². The molecule has 0 radical (unpaired) electrons. The standard InChI is InChI=1S/C11H16F3N3O2/c12-11(13,14)10(3-5-15-6-10)9(19)17-7-2-1-4-16-8(7)18/h7,15H,1-6H2,(H,16,18)(H,17,19). The van der Waals surface area contributed by atoms with Gasteiger partial charge < -0.3 is 16.0 Å². The van der Waals surface area contributed by atoms with E-state index in [1.165, 1.54) is 0 Å². The molecule has 2 unspecified atom stereocenters. The Labute approximate surface area is 108 Å². The Morgan fingerprint density at radius 3 is 2.63 bits per heavy atom. The summed E-state index contributed by atoms with van der Waals surface area (Å²) in [6, 6.07) is -0.860. The third kappa shape index (κ3) is 2.54. The van der Waals surface area contributed by atoms with Crippen molar-refractivity contribution in [1.29, 1.82) is 0 Å².